The van der Waals surface area contributed by atoms with E-state index in [0.717, 1.165) is 6.42 Å². The Bertz CT molecular complexity index is 295. The minimum absolute atomic E-state index is 0.00687. The number of aliphatic carboxylic acids is 1. The number of hydrogen-bond donors (Lipinski definition) is 1. The van der Waals surface area contributed by atoms with Crippen molar-refractivity contribution in [3.63, 3.8) is 0 Å². The van der Waals surface area contributed by atoms with Gasteiger partial charge in [-0.2, -0.15) is 0 Å². The largest absolute Gasteiger partial charge is 0.481 e. The summed E-state index contributed by atoms with van der Waals surface area (Å²) in [5, 5.41) is 9.31. The van der Waals surface area contributed by atoms with E-state index in [1.165, 1.54) is 12.8 Å². The molecular weight excluding hydrogens is 188 g/mol. The van der Waals surface area contributed by atoms with Gasteiger partial charge in [0.25, 0.3) is 0 Å². The lowest BCUT2D eigenvalue weighted by Gasteiger charge is -2.37. The first-order valence-corrected chi connectivity index (χ1v) is 6.08. The zero-order valence-corrected chi connectivity index (χ0v) is 10.2. The van der Waals surface area contributed by atoms with E-state index in [1.54, 1.807) is 0 Å². The molecule has 2 rings (SSSR count). The molecule has 2 fully saturated rings. The van der Waals surface area contributed by atoms with Crippen LogP contribution < -0.4 is 0 Å². The van der Waals surface area contributed by atoms with Crippen molar-refractivity contribution in [1.29, 1.82) is 0 Å². The molecule has 0 aromatic carbocycles. The number of carboxylic acid groups (broad SMARTS) is 1. The van der Waals surface area contributed by atoms with E-state index in [0.29, 0.717) is 11.8 Å². The summed E-state index contributed by atoms with van der Waals surface area (Å²) in [6.45, 7) is 8.81. The highest BCUT2D eigenvalue weighted by Crippen LogP contribution is 2.77. The van der Waals surface area contributed by atoms with E-state index in [2.05, 4.69) is 27.7 Å². The summed E-state index contributed by atoms with van der Waals surface area (Å²) in [5.41, 5.74) is 0.101. The Hall–Kier alpha value is -0.530. The minimum Gasteiger partial charge on any atom is -0.481 e. The quantitative estimate of drug-likeness (QED) is 0.721. The summed E-state index contributed by atoms with van der Waals surface area (Å²) in [7, 11) is 0. The zero-order chi connectivity index (χ0) is 11.4. The average molecular weight is 210 g/mol. The van der Waals surface area contributed by atoms with E-state index in [4.69, 9.17) is 0 Å². The van der Waals surface area contributed by atoms with Crippen molar-refractivity contribution in [3.05, 3.63) is 0 Å². The predicted octanol–water partition coefficient (Wildman–Crippen LogP) is 3.17. The molecule has 0 aliphatic heterocycles. The van der Waals surface area contributed by atoms with Gasteiger partial charge in [0.05, 0.1) is 5.92 Å². The highest BCUT2D eigenvalue weighted by Gasteiger charge is 2.76. The van der Waals surface area contributed by atoms with Crippen LogP contribution in [-0.2, 0) is 4.79 Å². The first-order valence-electron chi connectivity index (χ1n) is 6.08. The summed E-state index contributed by atoms with van der Waals surface area (Å²) in [6.07, 6.45) is 3.59. The van der Waals surface area contributed by atoms with Crippen molar-refractivity contribution in [2.45, 2.75) is 47.0 Å². The fourth-order valence-corrected chi connectivity index (χ4v) is 4.43. The van der Waals surface area contributed by atoms with Crippen molar-refractivity contribution in [3.8, 4) is 0 Å². The van der Waals surface area contributed by atoms with Gasteiger partial charge in [0.1, 0.15) is 0 Å². The van der Waals surface area contributed by atoms with E-state index in [9.17, 15) is 9.90 Å². The number of hydrogen-bond acceptors (Lipinski definition) is 1. The van der Waals surface area contributed by atoms with Gasteiger partial charge < -0.3 is 5.11 Å². The maximum atomic E-state index is 11.3. The van der Waals surface area contributed by atoms with Crippen molar-refractivity contribution in [1.82, 2.24) is 0 Å². The second-order valence-electron chi connectivity index (χ2n) is 6.19. The van der Waals surface area contributed by atoms with Crippen LogP contribution in [0.15, 0.2) is 0 Å². The average Bonchev–Trinajstić information content (AvgIpc) is 2.60. The molecule has 1 spiro atoms. The Kier molecular flexibility index (Phi) is 2.19. The Morgan fingerprint density at radius 3 is 2.40 bits per heavy atom. The third-order valence-corrected chi connectivity index (χ3v) is 5.52. The highest BCUT2D eigenvalue weighted by molar-refractivity contribution is 5.77. The molecule has 1 N–H and O–H groups in total. The Balaban J connectivity index is 2.31. The standard InChI is InChI=1S/C13H22O2/c1-8-6-5-7-13(9(8)2)10(11(14)15)12(13,3)4/h8-10H,5-7H2,1-4H3,(H,14,15). The van der Waals surface area contributed by atoms with Crippen LogP contribution in [0.2, 0.25) is 0 Å². The highest BCUT2D eigenvalue weighted by atomic mass is 16.4. The molecule has 0 aromatic rings. The molecule has 0 aromatic heterocycles. The van der Waals surface area contributed by atoms with Gasteiger partial charge in [-0.1, -0.05) is 40.5 Å². The van der Waals surface area contributed by atoms with Crippen molar-refractivity contribution in [2.24, 2.45) is 28.6 Å². The second kappa shape index (κ2) is 2.99. The molecule has 2 heteroatoms. The number of carboxylic acids is 1. The Morgan fingerprint density at radius 2 is 1.93 bits per heavy atom. The fourth-order valence-electron chi connectivity index (χ4n) is 4.43. The van der Waals surface area contributed by atoms with Crippen molar-refractivity contribution >= 4 is 5.97 Å². The molecule has 15 heavy (non-hydrogen) atoms. The lowest BCUT2D eigenvalue weighted by atomic mass is 9.67. The van der Waals surface area contributed by atoms with Gasteiger partial charge in [0.15, 0.2) is 0 Å². The normalized spacial score (nSPS) is 47.9. The Labute approximate surface area is 92.1 Å². The summed E-state index contributed by atoms with van der Waals surface area (Å²) < 4.78 is 0. The van der Waals surface area contributed by atoms with Crippen LogP contribution >= 0.6 is 0 Å². The Morgan fingerprint density at radius 1 is 1.33 bits per heavy atom. The summed E-state index contributed by atoms with van der Waals surface area (Å²) >= 11 is 0. The molecule has 0 amide bonds. The fraction of sp³-hybridized carbons (Fsp3) is 0.923. The van der Waals surface area contributed by atoms with Gasteiger partial charge in [-0.05, 0) is 29.1 Å². The van der Waals surface area contributed by atoms with E-state index >= 15 is 0 Å². The first-order chi connectivity index (χ1) is 6.85. The van der Waals surface area contributed by atoms with Gasteiger partial charge in [-0.25, -0.2) is 0 Å². The molecule has 4 atom stereocenters. The summed E-state index contributed by atoms with van der Waals surface area (Å²) in [4.78, 5) is 11.3. The van der Waals surface area contributed by atoms with Crippen LogP contribution in [-0.4, -0.2) is 11.1 Å². The second-order valence-corrected chi connectivity index (χ2v) is 6.19. The van der Waals surface area contributed by atoms with Crippen LogP contribution in [0.25, 0.3) is 0 Å². The van der Waals surface area contributed by atoms with Gasteiger partial charge >= 0.3 is 5.97 Å². The van der Waals surface area contributed by atoms with Crippen LogP contribution in [0.5, 0.6) is 0 Å². The molecule has 2 aliphatic rings. The van der Waals surface area contributed by atoms with Crippen molar-refractivity contribution < 1.29 is 9.90 Å². The van der Waals surface area contributed by atoms with Gasteiger partial charge in [0.2, 0.25) is 0 Å². The van der Waals surface area contributed by atoms with Crippen LogP contribution in [0, 0.1) is 28.6 Å². The monoisotopic (exact) mass is 210 g/mol. The van der Waals surface area contributed by atoms with Crippen LogP contribution in [0.3, 0.4) is 0 Å². The molecule has 0 saturated heterocycles. The maximum absolute atomic E-state index is 11.3. The van der Waals surface area contributed by atoms with E-state index in [1.807, 2.05) is 0 Å². The first kappa shape index (κ1) is 11.0. The molecule has 0 heterocycles. The van der Waals surface area contributed by atoms with E-state index < -0.39 is 5.97 Å². The summed E-state index contributed by atoms with van der Waals surface area (Å²) in [5.74, 6) is 0.549. The molecule has 86 valence electrons. The lowest BCUT2D eigenvalue weighted by Crippen LogP contribution is -2.30. The third kappa shape index (κ3) is 1.14. The number of carbonyl (C=O) groups is 1. The van der Waals surface area contributed by atoms with Gasteiger partial charge in [0, 0.05) is 0 Å². The topological polar surface area (TPSA) is 37.3 Å². The zero-order valence-electron chi connectivity index (χ0n) is 10.2. The van der Waals surface area contributed by atoms with Gasteiger partial charge in [-0.15, -0.1) is 0 Å². The number of rotatable bonds is 1. The molecule has 2 saturated carbocycles. The molecule has 2 nitrogen and oxygen atoms in total. The lowest BCUT2D eigenvalue weighted by molar-refractivity contribution is -0.140. The minimum atomic E-state index is -0.582. The smallest absolute Gasteiger partial charge is 0.307 e. The summed E-state index contributed by atoms with van der Waals surface area (Å²) in [6, 6.07) is 0. The van der Waals surface area contributed by atoms with Crippen LogP contribution in [0.1, 0.15) is 47.0 Å². The predicted molar refractivity (Wildman–Crippen MR) is 59.5 cm³/mol. The maximum Gasteiger partial charge on any atom is 0.307 e. The molecular formula is C13H22O2. The van der Waals surface area contributed by atoms with E-state index in [-0.39, 0.29) is 16.7 Å². The van der Waals surface area contributed by atoms with Crippen LogP contribution in [0.4, 0.5) is 0 Å². The third-order valence-electron chi connectivity index (χ3n) is 5.52. The molecule has 4 unspecified atom stereocenters. The molecule has 0 bridgehead atoms. The molecule has 0 radical (unpaired) electrons. The molecule has 2 aliphatic carbocycles. The van der Waals surface area contributed by atoms with Gasteiger partial charge in [-0.3, -0.25) is 4.79 Å². The van der Waals surface area contributed by atoms with Crippen molar-refractivity contribution in [2.75, 3.05) is 0 Å². The SMILES string of the molecule is CC1CCCC2(C1C)C(C(=O)O)C2(C)C.